The summed E-state index contributed by atoms with van der Waals surface area (Å²) in [6, 6.07) is 8.39. The summed E-state index contributed by atoms with van der Waals surface area (Å²) in [5.41, 5.74) is 2.46. The van der Waals surface area contributed by atoms with Gasteiger partial charge in [-0.3, -0.25) is 4.99 Å². The molecule has 2 heteroatoms. The Hall–Kier alpha value is -1.15. The third-order valence-electron chi connectivity index (χ3n) is 1.99. The van der Waals surface area contributed by atoms with Crippen LogP contribution in [0.3, 0.4) is 0 Å². The van der Waals surface area contributed by atoms with Crippen molar-refractivity contribution in [3.8, 4) is 0 Å². The lowest BCUT2D eigenvalue weighted by Gasteiger charge is -2.05. The first-order valence-electron chi connectivity index (χ1n) is 4.90. The van der Waals surface area contributed by atoms with Crippen molar-refractivity contribution in [3.05, 3.63) is 35.4 Å². The highest BCUT2D eigenvalue weighted by molar-refractivity contribution is 5.79. The van der Waals surface area contributed by atoms with Crippen LogP contribution in [0.5, 0.6) is 0 Å². The number of aryl methyl sites for hydroxylation is 1. The lowest BCUT2D eigenvalue weighted by Crippen LogP contribution is -2.15. The average Bonchev–Trinajstić information content (AvgIpc) is 2.15. The normalized spacial score (nSPS) is 11.4. The van der Waals surface area contributed by atoms with Gasteiger partial charge in [0.15, 0.2) is 0 Å². The molecular weight excluding hydrogens is 172 g/mol. The van der Waals surface area contributed by atoms with Gasteiger partial charge in [0.25, 0.3) is 0 Å². The minimum absolute atomic E-state index is 0.862. The first-order chi connectivity index (χ1) is 6.68. The van der Waals surface area contributed by atoms with Crippen LogP contribution in [0.1, 0.15) is 11.1 Å². The maximum absolute atomic E-state index is 4.34. The van der Waals surface area contributed by atoms with Gasteiger partial charge in [-0.1, -0.05) is 29.8 Å². The molecule has 0 spiro atoms. The molecule has 0 fully saturated rings. The smallest absolute Gasteiger partial charge is 0.0516 e. The topological polar surface area (TPSA) is 15.6 Å². The third-order valence-corrected chi connectivity index (χ3v) is 1.99. The van der Waals surface area contributed by atoms with Crippen LogP contribution >= 0.6 is 0 Å². The van der Waals surface area contributed by atoms with Crippen molar-refractivity contribution in [1.82, 2.24) is 4.90 Å². The first kappa shape index (κ1) is 10.9. The maximum atomic E-state index is 4.34. The van der Waals surface area contributed by atoms with E-state index in [0.717, 1.165) is 13.1 Å². The molecule has 1 rings (SSSR count). The van der Waals surface area contributed by atoms with E-state index < -0.39 is 0 Å². The monoisotopic (exact) mass is 190 g/mol. The Morgan fingerprint density at radius 1 is 1.21 bits per heavy atom. The molecule has 14 heavy (non-hydrogen) atoms. The number of nitrogens with zero attached hydrogens (tertiary/aromatic N) is 2. The molecule has 0 saturated carbocycles. The van der Waals surface area contributed by atoms with Gasteiger partial charge >= 0.3 is 0 Å². The molecule has 0 N–H and O–H groups in total. The van der Waals surface area contributed by atoms with Gasteiger partial charge in [-0.2, -0.15) is 0 Å². The van der Waals surface area contributed by atoms with Crippen LogP contribution in [0, 0.1) is 6.92 Å². The van der Waals surface area contributed by atoms with Gasteiger partial charge in [0, 0.05) is 12.8 Å². The Bertz CT molecular complexity index is 286. The highest BCUT2D eigenvalue weighted by Gasteiger charge is 1.88. The van der Waals surface area contributed by atoms with Crippen molar-refractivity contribution in [3.63, 3.8) is 0 Å². The van der Waals surface area contributed by atoms with Crippen molar-refractivity contribution in [2.75, 3.05) is 27.2 Å². The van der Waals surface area contributed by atoms with E-state index in [1.807, 2.05) is 6.21 Å². The number of rotatable bonds is 4. The second-order valence-corrected chi connectivity index (χ2v) is 3.75. The Morgan fingerprint density at radius 3 is 2.43 bits per heavy atom. The highest BCUT2D eigenvalue weighted by atomic mass is 15.1. The van der Waals surface area contributed by atoms with Crippen LogP contribution in [0.4, 0.5) is 0 Å². The van der Waals surface area contributed by atoms with Crippen molar-refractivity contribution in [2.24, 2.45) is 4.99 Å². The van der Waals surface area contributed by atoms with Crippen LogP contribution in [0.2, 0.25) is 0 Å². The third kappa shape index (κ3) is 4.19. The van der Waals surface area contributed by atoms with Crippen LogP contribution in [0.15, 0.2) is 29.3 Å². The Labute approximate surface area is 86.3 Å². The fourth-order valence-electron chi connectivity index (χ4n) is 1.08. The van der Waals surface area contributed by atoms with E-state index in [0.29, 0.717) is 0 Å². The van der Waals surface area contributed by atoms with Gasteiger partial charge in [-0.25, -0.2) is 0 Å². The summed E-state index contributed by atoms with van der Waals surface area (Å²) in [7, 11) is 4.11. The Balaban J connectivity index is 2.40. The zero-order chi connectivity index (χ0) is 10.4. The van der Waals surface area contributed by atoms with Gasteiger partial charge in [0.1, 0.15) is 0 Å². The van der Waals surface area contributed by atoms with Gasteiger partial charge in [-0.05, 0) is 26.6 Å². The molecule has 0 aliphatic rings. The Morgan fingerprint density at radius 2 is 1.86 bits per heavy atom. The van der Waals surface area contributed by atoms with E-state index in [4.69, 9.17) is 0 Å². The van der Waals surface area contributed by atoms with Crippen LogP contribution in [-0.2, 0) is 0 Å². The first-order valence-corrected chi connectivity index (χ1v) is 4.90. The minimum atomic E-state index is 0.862. The molecule has 1 aromatic rings. The second-order valence-electron chi connectivity index (χ2n) is 3.75. The van der Waals surface area contributed by atoms with E-state index in [9.17, 15) is 0 Å². The summed E-state index contributed by atoms with van der Waals surface area (Å²) in [5, 5.41) is 0. The van der Waals surface area contributed by atoms with Gasteiger partial charge in [0.2, 0.25) is 0 Å². The average molecular weight is 190 g/mol. The largest absolute Gasteiger partial charge is 0.308 e. The predicted molar refractivity (Wildman–Crippen MR) is 62.2 cm³/mol. The van der Waals surface area contributed by atoms with E-state index in [2.05, 4.69) is 55.2 Å². The van der Waals surface area contributed by atoms with Gasteiger partial charge < -0.3 is 4.90 Å². The van der Waals surface area contributed by atoms with Crippen molar-refractivity contribution in [2.45, 2.75) is 6.92 Å². The quantitative estimate of drug-likeness (QED) is 0.663. The lowest BCUT2D eigenvalue weighted by atomic mass is 10.2. The molecular formula is C12H18N2. The standard InChI is InChI=1S/C12H18N2/c1-11-4-6-12(7-5-11)10-13-8-9-14(2)3/h4-7,10H,8-9H2,1-3H3. The number of aliphatic imine (C=N–C) groups is 1. The van der Waals surface area contributed by atoms with E-state index in [1.165, 1.54) is 11.1 Å². The van der Waals surface area contributed by atoms with Gasteiger partial charge in [-0.15, -0.1) is 0 Å². The van der Waals surface area contributed by atoms with Crippen LogP contribution in [0.25, 0.3) is 0 Å². The van der Waals surface area contributed by atoms with Crippen molar-refractivity contribution >= 4 is 6.21 Å². The molecule has 0 aromatic heterocycles. The SMILES string of the molecule is Cc1ccc(C=NCCN(C)C)cc1. The fraction of sp³-hybridized carbons (Fsp3) is 0.417. The zero-order valence-electron chi connectivity index (χ0n) is 9.20. The van der Waals surface area contributed by atoms with E-state index in [-0.39, 0.29) is 0 Å². The van der Waals surface area contributed by atoms with Crippen LogP contribution in [-0.4, -0.2) is 38.3 Å². The molecule has 0 aliphatic carbocycles. The number of hydrogen-bond acceptors (Lipinski definition) is 2. The zero-order valence-corrected chi connectivity index (χ0v) is 9.20. The summed E-state index contributed by atoms with van der Waals surface area (Å²) in [6.07, 6.45) is 1.93. The molecule has 0 radical (unpaired) electrons. The second kappa shape index (κ2) is 5.55. The lowest BCUT2D eigenvalue weighted by molar-refractivity contribution is 0.421. The molecule has 2 nitrogen and oxygen atoms in total. The molecule has 0 heterocycles. The molecule has 1 aromatic carbocycles. The minimum Gasteiger partial charge on any atom is -0.308 e. The van der Waals surface area contributed by atoms with Crippen LogP contribution < -0.4 is 0 Å². The molecule has 0 saturated heterocycles. The summed E-state index contributed by atoms with van der Waals surface area (Å²) in [6.45, 7) is 3.95. The molecule has 0 aliphatic heterocycles. The van der Waals surface area contributed by atoms with Crippen molar-refractivity contribution in [1.29, 1.82) is 0 Å². The number of benzene rings is 1. The molecule has 76 valence electrons. The summed E-state index contributed by atoms with van der Waals surface area (Å²) >= 11 is 0. The highest BCUT2D eigenvalue weighted by Crippen LogP contribution is 1.99. The van der Waals surface area contributed by atoms with Gasteiger partial charge in [0.05, 0.1) is 6.54 Å². The summed E-state index contributed by atoms with van der Waals surface area (Å²) in [5.74, 6) is 0. The molecule has 0 amide bonds. The molecule has 0 atom stereocenters. The van der Waals surface area contributed by atoms with E-state index in [1.54, 1.807) is 0 Å². The fourth-order valence-corrected chi connectivity index (χ4v) is 1.08. The number of likely N-dealkylation sites (N-methyl/N-ethyl adjacent to an activating group) is 1. The molecule has 0 bridgehead atoms. The number of hydrogen-bond donors (Lipinski definition) is 0. The summed E-state index contributed by atoms with van der Waals surface area (Å²) in [4.78, 5) is 6.48. The Kier molecular flexibility index (Phi) is 4.33. The summed E-state index contributed by atoms with van der Waals surface area (Å²) < 4.78 is 0. The molecule has 0 unspecified atom stereocenters. The van der Waals surface area contributed by atoms with E-state index >= 15 is 0 Å². The van der Waals surface area contributed by atoms with Crippen molar-refractivity contribution < 1.29 is 0 Å². The predicted octanol–water partition coefficient (Wildman–Crippen LogP) is 1.98. The maximum Gasteiger partial charge on any atom is 0.0516 e.